The number of carbonyl (C=O) groups excluding carboxylic acids is 2. The normalized spacial score (nSPS) is 13.7. The van der Waals surface area contributed by atoms with Gasteiger partial charge in [0, 0.05) is 62.8 Å². The molecule has 5 rings (SSSR count). The number of hydrogen-bond donors (Lipinski definition) is 1. The van der Waals surface area contributed by atoms with E-state index in [4.69, 9.17) is 29.5 Å². The third-order valence-corrected chi connectivity index (χ3v) is 10.7. The van der Waals surface area contributed by atoms with Gasteiger partial charge >= 0.3 is 12.1 Å². The summed E-state index contributed by atoms with van der Waals surface area (Å²) in [4.78, 5) is 29.0. The highest BCUT2D eigenvalue weighted by atomic mass is 16.5. The van der Waals surface area contributed by atoms with Crippen LogP contribution < -0.4 is 24.8 Å². The number of nitrogens with one attached hydrogen (secondary N) is 1. The van der Waals surface area contributed by atoms with Gasteiger partial charge in [-0.3, -0.25) is 4.79 Å². The van der Waals surface area contributed by atoms with Crippen molar-refractivity contribution in [3.63, 3.8) is 0 Å². The van der Waals surface area contributed by atoms with Gasteiger partial charge in [0.05, 0.1) is 38.1 Å². The van der Waals surface area contributed by atoms with E-state index in [2.05, 4.69) is 80.1 Å². The lowest BCUT2D eigenvalue weighted by molar-refractivity contribution is -0.140. The Bertz CT molecular complexity index is 2000. The first-order chi connectivity index (χ1) is 30.9. The Morgan fingerprint density at radius 3 is 2.02 bits per heavy atom. The van der Waals surface area contributed by atoms with Crippen molar-refractivity contribution in [1.82, 2.24) is 5.32 Å². The topological polar surface area (TPSA) is 140 Å². The number of rotatable bonds is 21. The molecule has 1 aliphatic rings. The summed E-state index contributed by atoms with van der Waals surface area (Å²) >= 11 is 0. The second-order valence-corrected chi connectivity index (χ2v) is 16.3. The van der Waals surface area contributed by atoms with Gasteiger partial charge in [0.1, 0.15) is 31.7 Å². The van der Waals surface area contributed by atoms with Gasteiger partial charge in [-0.05, 0) is 93.1 Å². The lowest BCUT2D eigenvalue weighted by Crippen LogP contribution is -2.49. The quantitative estimate of drug-likeness (QED) is 0.0632. The van der Waals surface area contributed by atoms with Crippen LogP contribution in [0, 0.1) is 29.6 Å². The molecule has 12 heteroatoms. The molecule has 0 radical (unpaired) electrons. The van der Waals surface area contributed by atoms with Crippen molar-refractivity contribution in [1.29, 1.82) is 10.5 Å². The Balaban J connectivity index is 0.000000256. The average Bonchev–Trinajstić information content (AvgIpc) is 3.29. The molecule has 4 aromatic carbocycles. The van der Waals surface area contributed by atoms with E-state index in [0.717, 1.165) is 42.9 Å². The Morgan fingerprint density at radius 1 is 0.844 bits per heavy atom. The molecule has 0 aliphatic carbocycles. The minimum absolute atomic E-state index is 0.0749. The number of anilines is 3. The highest BCUT2D eigenvalue weighted by Crippen LogP contribution is 2.43. The molecule has 0 saturated carbocycles. The van der Waals surface area contributed by atoms with E-state index >= 15 is 0 Å². The molecule has 1 amide bonds. The second-order valence-electron chi connectivity index (χ2n) is 16.3. The first-order valence-electron chi connectivity index (χ1n) is 22.4. The number of benzene rings is 4. The van der Waals surface area contributed by atoms with Gasteiger partial charge in [0.15, 0.2) is 0 Å². The van der Waals surface area contributed by atoms with E-state index in [-0.39, 0.29) is 23.7 Å². The fraction of sp³-hybridized carbons (Fsp3) is 0.462. The molecule has 0 bridgehead atoms. The van der Waals surface area contributed by atoms with Crippen LogP contribution in [0.4, 0.5) is 21.9 Å². The standard InChI is InChI=1S/C19H22N2O2.C17H25NO2.C16H23N3O2/c1-22-19(16-23-18-11-6-3-7-12-18)15-21(14-8-13-20)17-9-4-2-5-10-17;1-12-6-7-15-13(2)11-17(4,5)18(16(15)10-12)8-9-20-14(3)19;1-2-3-11-18-16(20)21-14-13-19(12-7-10-17)15-8-5-4-6-9-15/h2-7,9-12,19H,8,14-16H2,1H3;6-7,10,13H,8-9,11H2,1-5H3;4-6,8-9H,2-3,7,11-14H2,1H3,(H,18,20). The predicted molar refractivity (Wildman–Crippen MR) is 257 cm³/mol. The molecule has 0 spiro atoms. The van der Waals surface area contributed by atoms with Crippen LogP contribution in [0.15, 0.2) is 109 Å². The number of unbranched alkanes of at least 4 members (excludes halogenated alkanes) is 1. The number of nitriles is 2. The second kappa shape index (κ2) is 29.2. The van der Waals surface area contributed by atoms with Gasteiger partial charge in [-0.2, -0.15) is 10.5 Å². The first kappa shape index (κ1) is 52.1. The summed E-state index contributed by atoms with van der Waals surface area (Å²) in [6, 6.07) is 40.6. The highest BCUT2D eigenvalue weighted by Gasteiger charge is 2.36. The fourth-order valence-electron chi connectivity index (χ4n) is 7.46. The van der Waals surface area contributed by atoms with Gasteiger partial charge in [0.25, 0.3) is 0 Å². The predicted octanol–water partition coefficient (Wildman–Crippen LogP) is 10.1. The molecule has 1 aliphatic heterocycles. The summed E-state index contributed by atoms with van der Waals surface area (Å²) in [6.45, 7) is 17.6. The summed E-state index contributed by atoms with van der Waals surface area (Å²) < 4.78 is 21.6. The van der Waals surface area contributed by atoms with Gasteiger partial charge < -0.3 is 39.0 Å². The molecule has 4 aromatic rings. The number of nitrogens with zero attached hydrogens (tertiary/aromatic N) is 5. The minimum Gasteiger partial charge on any atom is -0.491 e. The Morgan fingerprint density at radius 2 is 1.44 bits per heavy atom. The zero-order valence-corrected chi connectivity index (χ0v) is 39.1. The Hall–Kier alpha value is -6.24. The Labute approximate surface area is 382 Å². The van der Waals surface area contributed by atoms with E-state index in [0.29, 0.717) is 71.3 Å². The molecule has 0 aromatic heterocycles. The number of aryl methyl sites for hydroxylation is 1. The maximum Gasteiger partial charge on any atom is 0.407 e. The zero-order valence-electron chi connectivity index (χ0n) is 39.1. The third-order valence-electron chi connectivity index (χ3n) is 10.7. The largest absolute Gasteiger partial charge is 0.491 e. The molecule has 2 unspecified atom stereocenters. The van der Waals surface area contributed by atoms with Crippen LogP contribution in [-0.4, -0.2) is 89.9 Å². The van der Waals surface area contributed by atoms with Crippen LogP contribution in [0.3, 0.4) is 0 Å². The molecule has 344 valence electrons. The van der Waals surface area contributed by atoms with E-state index in [1.807, 2.05) is 95.9 Å². The number of para-hydroxylation sites is 3. The number of carbonyl (C=O) groups is 2. The molecule has 64 heavy (non-hydrogen) atoms. The Kier molecular flexibility index (Phi) is 23.8. The number of alkyl carbamates (subject to hydrolysis) is 1. The number of ether oxygens (including phenoxy) is 4. The van der Waals surface area contributed by atoms with Crippen LogP contribution in [0.5, 0.6) is 5.75 Å². The molecular weight excluding hydrogens is 805 g/mol. The van der Waals surface area contributed by atoms with Crippen LogP contribution >= 0.6 is 0 Å². The van der Waals surface area contributed by atoms with Crippen molar-refractivity contribution in [3.8, 4) is 17.9 Å². The molecule has 0 saturated heterocycles. The maximum absolute atomic E-state index is 11.4. The first-order valence-corrected chi connectivity index (χ1v) is 22.4. The lowest BCUT2D eigenvalue weighted by Gasteiger charge is -2.47. The lowest BCUT2D eigenvalue weighted by atomic mass is 9.80. The maximum atomic E-state index is 11.4. The molecule has 1 heterocycles. The summed E-state index contributed by atoms with van der Waals surface area (Å²) in [7, 11) is 1.69. The number of amides is 1. The number of fused-ring (bicyclic) bond motifs is 1. The fourth-order valence-corrected chi connectivity index (χ4v) is 7.46. The van der Waals surface area contributed by atoms with Crippen molar-refractivity contribution >= 4 is 29.1 Å². The number of methoxy groups -OCH3 is 1. The van der Waals surface area contributed by atoms with Gasteiger partial charge in [-0.1, -0.05) is 87.0 Å². The summed E-state index contributed by atoms with van der Waals surface area (Å²) in [5.41, 5.74) is 6.16. The summed E-state index contributed by atoms with van der Waals surface area (Å²) in [6.07, 6.45) is 3.57. The van der Waals surface area contributed by atoms with Crippen molar-refractivity contribution in [2.75, 3.05) is 80.9 Å². The van der Waals surface area contributed by atoms with Crippen molar-refractivity contribution in [3.05, 3.63) is 120 Å². The van der Waals surface area contributed by atoms with Crippen LogP contribution in [0.2, 0.25) is 0 Å². The van der Waals surface area contributed by atoms with Crippen LogP contribution in [0.1, 0.15) is 83.8 Å². The number of hydrogen-bond acceptors (Lipinski definition) is 11. The van der Waals surface area contributed by atoms with E-state index in [9.17, 15) is 9.59 Å². The van der Waals surface area contributed by atoms with Crippen LogP contribution in [0.25, 0.3) is 0 Å². The van der Waals surface area contributed by atoms with E-state index in [1.54, 1.807) is 7.11 Å². The van der Waals surface area contributed by atoms with Crippen molar-refractivity contribution < 1.29 is 28.5 Å². The highest BCUT2D eigenvalue weighted by molar-refractivity contribution is 5.67. The van der Waals surface area contributed by atoms with Gasteiger partial charge in [-0.15, -0.1) is 0 Å². The van der Waals surface area contributed by atoms with Crippen molar-refractivity contribution in [2.24, 2.45) is 0 Å². The monoisotopic (exact) mass is 875 g/mol. The van der Waals surface area contributed by atoms with E-state index < -0.39 is 0 Å². The average molecular weight is 875 g/mol. The number of esters is 1. The van der Waals surface area contributed by atoms with Crippen LogP contribution in [-0.2, 0) is 19.0 Å². The van der Waals surface area contributed by atoms with Gasteiger partial charge in [-0.25, -0.2) is 4.79 Å². The molecular formula is C52H70N6O6. The van der Waals surface area contributed by atoms with E-state index in [1.165, 1.54) is 23.7 Å². The third kappa shape index (κ3) is 19.0. The summed E-state index contributed by atoms with van der Waals surface area (Å²) in [5, 5.41) is 20.3. The molecule has 2 atom stereocenters. The zero-order chi connectivity index (χ0) is 46.6. The molecule has 12 nitrogen and oxygen atoms in total. The molecule has 0 fully saturated rings. The summed E-state index contributed by atoms with van der Waals surface area (Å²) in [5.74, 6) is 1.18. The van der Waals surface area contributed by atoms with Gasteiger partial charge in [0.2, 0.25) is 0 Å². The minimum atomic E-state index is -0.378. The molecule has 1 N–H and O–H groups in total. The smallest absolute Gasteiger partial charge is 0.407 e. The van der Waals surface area contributed by atoms with Crippen molar-refractivity contribution in [2.45, 2.75) is 91.2 Å². The SMILES string of the molecule is CC(=O)OCCN1c2cc(C)ccc2C(C)CC1(C)C.CCCCNC(=O)OCCN(CCC#N)c1ccccc1.COC(COc1ccccc1)CN(CCC#N)c1ccccc1.